The molecule has 13 heavy (non-hydrogen) atoms. The van der Waals surface area contributed by atoms with Crippen LogP contribution in [-0.2, 0) is 0 Å². The normalized spacial score (nSPS) is 27.8. The fourth-order valence-corrected chi connectivity index (χ4v) is 1.99. The topological polar surface area (TPSA) is 12.0 Å². The van der Waals surface area contributed by atoms with Crippen molar-refractivity contribution < 1.29 is 0 Å². The Kier molecular flexibility index (Phi) is 2.56. The fourth-order valence-electron chi connectivity index (χ4n) is 1.86. The van der Waals surface area contributed by atoms with Crippen LogP contribution in [0.3, 0.4) is 0 Å². The van der Waals surface area contributed by atoms with Crippen molar-refractivity contribution in [2.75, 3.05) is 6.54 Å². The predicted octanol–water partition coefficient (Wildman–Crippen LogP) is 3.01. The summed E-state index contributed by atoms with van der Waals surface area (Å²) in [6, 6.07) is 8.67. The van der Waals surface area contributed by atoms with Crippen molar-refractivity contribution in [2.24, 2.45) is 5.92 Å². The van der Waals surface area contributed by atoms with E-state index in [0.29, 0.717) is 6.04 Å². The highest BCUT2D eigenvalue weighted by Crippen LogP contribution is 2.27. The smallest absolute Gasteiger partial charge is 0.0406 e. The maximum Gasteiger partial charge on any atom is 0.0406 e. The van der Waals surface area contributed by atoms with Gasteiger partial charge in [0.25, 0.3) is 0 Å². The molecule has 0 radical (unpaired) electrons. The second-order valence-electron chi connectivity index (χ2n) is 3.85. The van der Waals surface area contributed by atoms with Gasteiger partial charge in [-0.15, -0.1) is 0 Å². The van der Waals surface area contributed by atoms with E-state index < -0.39 is 0 Å². The van der Waals surface area contributed by atoms with Crippen LogP contribution in [0.2, 0.25) is 5.02 Å². The molecule has 70 valence electrons. The molecule has 0 aliphatic carbocycles. The minimum atomic E-state index is 0.535. The van der Waals surface area contributed by atoms with Gasteiger partial charge in [-0.1, -0.05) is 30.7 Å². The molecule has 1 aromatic carbocycles. The monoisotopic (exact) mass is 195 g/mol. The minimum absolute atomic E-state index is 0.535. The Morgan fingerprint density at radius 1 is 1.31 bits per heavy atom. The van der Waals surface area contributed by atoms with Gasteiger partial charge >= 0.3 is 0 Å². The van der Waals surface area contributed by atoms with E-state index in [0.717, 1.165) is 17.5 Å². The molecule has 2 atom stereocenters. The van der Waals surface area contributed by atoms with E-state index >= 15 is 0 Å². The molecule has 0 spiro atoms. The molecule has 1 saturated heterocycles. The first-order valence-corrected chi connectivity index (χ1v) is 5.12. The van der Waals surface area contributed by atoms with Gasteiger partial charge in [0, 0.05) is 11.1 Å². The second-order valence-corrected chi connectivity index (χ2v) is 4.29. The van der Waals surface area contributed by atoms with Gasteiger partial charge in [0.1, 0.15) is 0 Å². The van der Waals surface area contributed by atoms with E-state index in [4.69, 9.17) is 11.6 Å². The molecule has 1 aliphatic rings. The number of hydrogen-bond donors (Lipinski definition) is 1. The Labute approximate surface area is 84.1 Å². The summed E-state index contributed by atoms with van der Waals surface area (Å²) in [6.07, 6.45) is 1.24. The molecule has 0 saturated carbocycles. The Morgan fingerprint density at radius 2 is 2.00 bits per heavy atom. The predicted molar refractivity (Wildman–Crippen MR) is 56.0 cm³/mol. The molecule has 0 unspecified atom stereocenters. The van der Waals surface area contributed by atoms with Crippen LogP contribution in [0.25, 0.3) is 0 Å². The van der Waals surface area contributed by atoms with Crippen LogP contribution in [0.15, 0.2) is 24.3 Å². The molecule has 1 N–H and O–H groups in total. The molecule has 1 fully saturated rings. The fraction of sp³-hybridized carbons (Fsp3) is 0.455. The van der Waals surface area contributed by atoms with Crippen molar-refractivity contribution in [3.63, 3.8) is 0 Å². The summed E-state index contributed by atoms with van der Waals surface area (Å²) in [5.74, 6) is 0.792. The second kappa shape index (κ2) is 3.69. The first-order valence-electron chi connectivity index (χ1n) is 4.74. The summed E-state index contributed by atoms with van der Waals surface area (Å²) in [5.41, 5.74) is 1.36. The summed E-state index contributed by atoms with van der Waals surface area (Å²) < 4.78 is 0. The molecule has 2 heteroatoms. The molecule has 1 heterocycles. The summed E-state index contributed by atoms with van der Waals surface area (Å²) >= 11 is 5.83. The summed E-state index contributed by atoms with van der Waals surface area (Å²) in [6.45, 7) is 3.41. The van der Waals surface area contributed by atoms with Crippen LogP contribution in [0.1, 0.15) is 24.9 Å². The quantitative estimate of drug-likeness (QED) is 0.727. The summed E-state index contributed by atoms with van der Waals surface area (Å²) in [7, 11) is 0. The van der Waals surface area contributed by atoms with Crippen LogP contribution in [0.4, 0.5) is 0 Å². The lowest BCUT2D eigenvalue weighted by Crippen LogP contribution is -2.13. The highest BCUT2D eigenvalue weighted by Gasteiger charge is 2.21. The summed E-state index contributed by atoms with van der Waals surface area (Å²) in [4.78, 5) is 0. The molecule has 1 nitrogen and oxygen atoms in total. The maximum absolute atomic E-state index is 5.83. The van der Waals surface area contributed by atoms with Crippen LogP contribution in [0, 0.1) is 5.92 Å². The molecular formula is C11H14ClN. The number of rotatable bonds is 1. The largest absolute Gasteiger partial charge is 0.310 e. The third-order valence-corrected chi connectivity index (χ3v) is 2.88. The average Bonchev–Trinajstić information content (AvgIpc) is 2.53. The third kappa shape index (κ3) is 2.04. The van der Waals surface area contributed by atoms with Gasteiger partial charge in [-0.3, -0.25) is 0 Å². The molecule has 2 rings (SSSR count). The van der Waals surface area contributed by atoms with Crippen LogP contribution < -0.4 is 5.32 Å². The average molecular weight is 196 g/mol. The molecular weight excluding hydrogens is 182 g/mol. The minimum Gasteiger partial charge on any atom is -0.310 e. The Balaban J connectivity index is 2.13. The number of nitrogens with one attached hydrogen (secondary N) is 1. The van der Waals surface area contributed by atoms with Crippen molar-refractivity contribution in [3.05, 3.63) is 34.9 Å². The van der Waals surface area contributed by atoms with Crippen LogP contribution >= 0.6 is 11.6 Å². The molecule has 0 bridgehead atoms. The Bertz CT molecular complexity index is 281. The maximum atomic E-state index is 5.83. The van der Waals surface area contributed by atoms with Gasteiger partial charge in [0.05, 0.1) is 0 Å². The highest BCUT2D eigenvalue weighted by atomic mass is 35.5. The van der Waals surface area contributed by atoms with Gasteiger partial charge in [0.15, 0.2) is 0 Å². The molecule has 0 amide bonds. The third-order valence-electron chi connectivity index (χ3n) is 2.62. The van der Waals surface area contributed by atoms with E-state index in [-0.39, 0.29) is 0 Å². The standard InChI is InChI=1S/C11H14ClN/c1-8-6-11(13-7-8)9-2-4-10(12)5-3-9/h2-5,8,11,13H,6-7H2,1H3/t8-,11-/m1/s1. The number of benzene rings is 1. The lowest BCUT2D eigenvalue weighted by Gasteiger charge is -2.10. The van der Waals surface area contributed by atoms with Gasteiger partial charge < -0.3 is 5.32 Å². The SMILES string of the molecule is C[C@H]1CN[C@@H](c2ccc(Cl)cc2)C1. The Morgan fingerprint density at radius 3 is 2.54 bits per heavy atom. The van der Waals surface area contributed by atoms with E-state index in [2.05, 4.69) is 24.4 Å². The number of hydrogen-bond acceptors (Lipinski definition) is 1. The van der Waals surface area contributed by atoms with Crippen molar-refractivity contribution in [1.82, 2.24) is 5.32 Å². The van der Waals surface area contributed by atoms with Crippen molar-refractivity contribution >= 4 is 11.6 Å². The zero-order chi connectivity index (χ0) is 9.26. The van der Waals surface area contributed by atoms with E-state index in [1.165, 1.54) is 12.0 Å². The first kappa shape index (κ1) is 9.04. The van der Waals surface area contributed by atoms with Gasteiger partial charge in [-0.25, -0.2) is 0 Å². The zero-order valence-corrected chi connectivity index (χ0v) is 8.51. The van der Waals surface area contributed by atoms with Crippen molar-refractivity contribution in [1.29, 1.82) is 0 Å². The first-order chi connectivity index (χ1) is 6.25. The van der Waals surface area contributed by atoms with E-state index in [9.17, 15) is 0 Å². The lowest BCUT2D eigenvalue weighted by molar-refractivity contribution is 0.612. The summed E-state index contributed by atoms with van der Waals surface area (Å²) in [5, 5.41) is 4.31. The Hall–Kier alpha value is -0.530. The lowest BCUT2D eigenvalue weighted by atomic mass is 10.0. The van der Waals surface area contributed by atoms with Crippen LogP contribution in [-0.4, -0.2) is 6.54 Å². The van der Waals surface area contributed by atoms with Crippen molar-refractivity contribution in [3.8, 4) is 0 Å². The molecule has 1 aliphatic heterocycles. The van der Waals surface area contributed by atoms with Crippen molar-refractivity contribution in [2.45, 2.75) is 19.4 Å². The van der Waals surface area contributed by atoms with E-state index in [1.54, 1.807) is 0 Å². The molecule has 1 aromatic rings. The van der Waals surface area contributed by atoms with Crippen LogP contribution in [0.5, 0.6) is 0 Å². The van der Waals surface area contributed by atoms with E-state index in [1.807, 2.05) is 12.1 Å². The van der Waals surface area contributed by atoms with Gasteiger partial charge in [-0.2, -0.15) is 0 Å². The number of halogens is 1. The van der Waals surface area contributed by atoms with Gasteiger partial charge in [-0.05, 0) is 36.6 Å². The highest BCUT2D eigenvalue weighted by molar-refractivity contribution is 6.30. The molecule has 0 aromatic heterocycles. The zero-order valence-electron chi connectivity index (χ0n) is 7.76. The van der Waals surface area contributed by atoms with Gasteiger partial charge in [0.2, 0.25) is 0 Å².